The molecule has 14 heavy (non-hydrogen) atoms. The molecule has 0 aromatic carbocycles. The summed E-state index contributed by atoms with van der Waals surface area (Å²) in [5.41, 5.74) is 3.40. The number of halogens is 1. The molecule has 0 aliphatic heterocycles. The van der Waals surface area contributed by atoms with Crippen LogP contribution in [0.5, 0.6) is 0 Å². The van der Waals surface area contributed by atoms with Crippen molar-refractivity contribution in [3.8, 4) is 0 Å². The fourth-order valence-electron chi connectivity index (χ4n) is 1.09. The molecule has 0 aromatic rings. The highest BCUT2D eigenvalue weighted by molar-refractivity contribution is 14.1. The first kappa shape index (κ1) is 14.6. The number of rotatable bonds is 7. The highest BCUT2D eigenvalue weighted by Crippen LogP contribution is 2.10. The van der Waals surface area contributed by atoms with Gasteiger partial charge >= 0.3 is 0 Å². The van der Waals surface area contributed by atoms with Crippen LogP contribution in [0.15, 0.2) is 0 Å². The second-order valence-electron chi connectivity index (χ2n) is 4.22. The number of nitrogens with zero attached hydrogens (tertiary/aromatic N) is 1. The minimum absolute atomic E-state index is 0.249. The van der Waals surface area contributed by atoms with Crippen molar-refractivity contribution in [2.75, 3.05) is 13.6 Å². The van der Waals surface area contributed by atoms with Crippen molar-refractivity contribution < 1.29 is 0 Å². The van der Waals surface area contributed by atoms with Gasteiger partial charge < -0.3 is 5.32 Å². The average Bonchev–Trinajstić information content (AvgIpc) is 2.18. The van der Waals surface area contributed by atoms with Crippen molar-refractivity contribution >= 4 is 22.9 Å². The third-order valence-electron chi connectivity index (χ3n) is 2.71. The molecule has 0 fully saturated rings. The normalized spacial score (nSPS) is 14.8. The molecule has 0 aliphatic rings. The molecule has 0 aromatic heterocycles. The predicted octanol–water partition coefficient (Wildman–Crippen LogP) is 2.33. The molecule has 0 saturated carbocycles. The van der Waals surface area contributed by atoms with Gasteiger partial charge in [0.15, 0.2) is 0 Å². The minimum atomic E-state index is 0.249. The van der Waals surface area contributed by atoms with Crippen LogP contribution in [0.2, 0.25) is 0 Å². The largest absolute Gasteiger partial charge is 0.310 e. The van der Waals surface area contributed by atoms with Crippen LogP contribution in [-0.2, 0) is 0 Å². The molecule has 0 amide bonds. The summed E-state index contributed by atoms with van der Waals surface area (Å²) in [5.74, 6) is 0. The Morgan fingerprint density at radius 1 is 1.36 bits per heavy atom. The lowest BCUT2D eigenvalue weighted by atomic mass is 10.0. The van der Waals surface area contributed by atoms with Crippen LogP contribution in [-0.4, -0.2) is 28.4 Å². The number of hydrazine groups is 1. The number of nitrogens with one attached hydrogen (secondary N) is 2. The lowest BCUT2D eigenvalue weighted by Crippen LogP contribution is -2.48. The molecule has 1 unspecified atom stereocenters. The Balaban J connectivity index is 3.95. The van der Waals surface area contributed by atoms with E-state index >= 15 is 0 Å². The Hall–Kier alpha value is 0.610. The van der Waals surface area contributed by atoms with Crippen LogP contribution in [0.4, 0.5) is 0 Å². The zero-order chi connectivity index (χ0) is 11.2. The predicted molar refractivity (Wildman–Crippen MR) is 71.4 cm³/mol. The second kappa shape index (κ2) is 6.98. The summed E-state index contributed by atoms with van der Waals surface area (Å²) >= 11 is 2.31. The van der Waals surface area contributed by atoms with Crippen LogP contribution in [0.1, 0.15) is 40.5 Å². The van der Waals surface area contributed by atoms with E-state index in [0.717, 1.165) is 19.4 Å². The van der Waals surface area contributed by atoms with E-state index in [2.05, 4.69) is 64.5 Å². The fraction of sp³-hybridized carbons (Fsp3) is 1.00. The molecule has 0 radical (unpaired) electrons. The third-order valence-corrected chi connectivity index (χ3v) is 3.98. The summed E-state index contributed by atoms with van der Waals surface area (Å²) in [6.07, 6.45) is 2.31. The van der Waals surface area contributed by atoms with Gasteiger partial charge in [-0.05, 0) is 33.7 Å². The van der Waals surface area contributed by atoms with Crippen molar-refractivity contribution in [1.82, 2.24) is 14.0 Å². The van der Waals surface area contributed by atoms with Gasteiger partial charge in [-0.25, -0.2) is 5.43 Å². The Kier molecular flexibility index (Phi) is 7.28. The molecule has 3 nitrogen and oxygen atoms in total. The van der Waals surface area contributed by atoms with Crippen LogP contribution in [0.3, 0.4) is 0 Å². The van der Waals surface area contributed by atoms with Gasteiger partial charge in [0, 0.05) is 41.0 Å². The van der Waals surface area contributed by atoms with Crippen LogP contribution in [0.25, 0.3) is 0 Å². The van der Waals surface area contributed by atoms with Gasteiger partial charge in [0.1, 0.15) is 0 Å². The lowest BCUT2D eigenvalue weighted by molar-refractivity contribution is 0.266. The molecule has 86 valence electrons. The summed E-state index contributed by atoms with van der Waals surface area (Å²) < 4.78 is 2.14. The summed E-state index contributed by atoms with van der Waals surface area (Å²) in [6, 6.07) is 0.548. The first-order chi connectivity index (χ1) is 6.46. The summed E-state index contributed by atoms with van der Waals surface area (Å²) in [7, 11) is 1.96. The lowest BCUT2D eigenvalue weighted by Gasteiger charge is -2.30. The standard InChI is InChI=1S/C10H24IN3/c1-6-9(14(11)12-5)8-13-10(3,4)7-2/h9,12-13H,6-8H2,1-5H3. The minimum Gasteiger partial charge on any atom is -0.310 e. The summed E-state index contributed by atoms with van der Waals surface area (Å²) in [5, 5.41) is 3.59. The van der Waals surface area contributed by atoms with E-state index in [1.807, 2.05) is 7.05 Å². The van der Waals surface area contributed by atoms with E-state index in [0.29, 0.717) is 6.04 Å². The first-order valence-corrected chi connectivity index (χ1v) is 6.30. The average molecular weight is 313 g/mol. The van der Waals surface area contributed by atoms with Crippen LogP contribution in [0, 0.1) is 0 Å². The highest BCUT2D eigenvalue weighted by atomic mass is 127. The Bertz CT molecular complexity index is 150. The highest BCUT2D eigenvalue weighted by Gasteiger charge is 2.18. The molecule has 0 heterocycles. The van der Waals surface area contributed by atoms with E-state index < -0.39 is 0 Å². The van der Waals surface area contributed by atoms with Crippen molar-refractivity contribution in [1.29, 1.82) is 0 Å². The SMILES string of the molecule is CCC(CNC(C)(C)CC)N(I)NC. The fourth-order valence-corrected chi connectivity index (χ4v) is 1.68. The molecule has 4 heteroatoms. The quantitative estimate of drug-likeness (QED) is 0.429. The molecule has 2 N–H and O–H groups in total. The zero-order valence-corrected chi connectivity index (χ0v) is 12.2. The topological polar surface area (TPSA) is 27.3 Å². The smallest absolute Gasteiger partial charge is 0.0470 e. The van der Waals surface area contributed by atoms with E-state index in [1.165, 1.54) is 0 Å². The van der Waals surface area contributed by atoms with Crippen molar-refractivity contribution in [2.45, 2.75) is 52.1 Å². The number of hydrogen-bond acceptors (Lipinski definition) is 3. The molecule has 0 aliphatic carbocycles. The summed E-state index contributed by atoms with van der Waals surface area (Å²) in [4.78, 5) is 0. The van der Waals surface area contributed by atoms with Crippen molar-refractivity contribution in [2.24, 2.45) is 0 Å². The van der Waals surface area contributed by atoms with Gasteiger partial charge in [0.25, 0.3) is 0 Å². The van der Waals surface area contributed by atoms with Crippen molar-refractivity contribution in [3.05, 3.63) is 0 Å². The summed E-state index contributed by atoms with van der Waals surface area (Å²) in [6.45, 7) is 9.95. The maximum absolute atomic E-state index is 3.59. The van der Waals surface area contributed by atoms with Gasteiger partial charge in [-0.1, -0.05) is 13.8 Å². The second-order valence-corrected chi connectivity index (χ2v) is 5.25. The molecule has 0 rings (SSSR count). The van der Waals surface area contributed by atoms with Gasteiger partial charge in [-0.2, -0.15) is 3.22 Å². The number of hydrogen-bond donors (Lipinski definition) is 2. The third kappa shape index (κ3) is 5.48. The van der Waals surface area contributed by atoms with Gasteiger partial charge in [0.05, 0.1) is 0 Å². The van der Waals surface area contributed by atoms with E-state index in [4.69, 9.17) is 0 Å². The van der Waals surface area contributed by atoms with Crippen LogP contribution >= 0.6 is 22.9 Å². The maximum atomic E-state index is 3.59. The van der Waals surface area contributed by atoms with Gasteiger partial charge in [-0.15, -0.1) is 0 Å². The van der Waals surface area contributed by atoms with Crippen molar-refractivity contribution in [3.63, 3.8) is 0 Å². The molecule has 0 bridgehead atoms. The van der Waals surface area contributed by atoms with Gasteiger partial charge in [0.2, 0.25) is 0 Å². The Morgan fingerprint density at radius 3 is 2.29 bits per heavy atom. The van der Waals surface area contributed by atoms with Crippen LogP contribution < -0.4 is 10.7 Å². The molecule has 1 atom stereocenters. The Morgan fingerprint density at radius 2 is 1.93 bits per heavy atom. The zero-order valence-electron chi connectivity index (χ0n) is 10.0. The van der Waals surface area contributed by atoms with Gasteiger partial charge in [-0.3, -0.25) is 0 Å². The van der Waals surface area contributed by atoms with E-state index in [-0.39, 0.29) is 5.54 Å². The first-order valence-electron chi connectivity index (χ1n) is 5.34. The molecular formula is C10H24IN3. The molecule has 0 spiro atoms. The van der Waals surface area contributed by atoms with E-state index in [1.54, 1.807) is 0 Å². The monoisotopic (exact) mass is 313 g/mol. The molecular weight excluding hydrogens is 289 g/mol. The maximum Gasteiger partial charge on any atom is 0.0470 e. The van der Waals surface area contributed by atoms with E-state index in [9.17, 15) is 0 Å². The Labute approximate surface area is 102 Å². The molecule has 0 saturated heterocycles.